The third kappa shape index (κ3) is 8.41. The molecule has 0 aliphatic carbocycles. The van der Waals surface area contributed by atoms with Crippen LogP contribution in [0.1, 0.15) is 35.6 Å². The van der Waals surface area contributed by atoms with E-state index in [4.69, 9.17) is 32.7 Å². The molecule has 1 amide bonds. The van der Waals surface area contributed by atoms with Gasteiger partial charge < -0.3 is 14.8 Å². The number of allylic oxidation sites excluding steroid dienone is 1. The van der Waals surface area contributed by atoms with E-state index >= 15 is 0 Å². The van der Waals surface area contributed by atoms with Gasteiger partial charge in [-0.3, -0.25) is 4.79 Å². The van der Waals surface area contributed by atoms with Crippen LogP contribution in [0.3, 0.4) is 0 Å². The second-order valence-corrected chi connectivity index (χ2v) is 9.30. The van der Waals surface area contributed by atoms with Crippen LogP contribution in [0.4, 0.5) is 0 Å². The maximum absolute atomic E-state index is 12.7. The number of aryl methyl sites for hydroxylation is 1. The lowest BCUT2D eigenvalue weighted by molar-refractivity contribution is -0.117. The topological polar surface area (TPSA) is 71.4 Å². The minimum absolute atomic E-state index is 0.0150. The van der Waals surface area contributed by atoms with Crippen LogP contribution in [0.2, 0.25) is 10.0 Å². The average molecular weight is 549 g/mol. The fourth-order valence-corrected chi connectivity index (χ4v) is 4.16. The van der Waals surface area contributed by atoms with Gasteiger partial charge in [-0.15, -0.1) is 6.58 Å². The van der Waals surface area contributed by atoms with Crippen LogP contribution in [0.15, 0.2) is 78.9 Å². The van der Waals surface area contributed by atoms with E-state index in [2.05, 4.69) is 24.0 Å². The van der Waals surface area contributed by atoms with E-state index in [-0.39, 0.29) is 12.2 Å². The number of carbonyl (C=O) groups is 1. The van der Waals surface area contributed by atoms with Gasteiger partial charge in [0, 0.05) is 12.1 Å². The quantitative estimate of drug-likeness (QED) is 0.105. The molecule has 7 heteroatoms. The lowest BCUT2D eigenvalue weighted by atomic mass is 10.0. The first-order chi connectivity index (χ1) is 18.4. The highest BCUT2D eigenvalue weighted by molar-refractivity contribution is 6.42. The van der Waals surface area contributed by atoms with Crippen molar-refractivity contribution in [1.82, 2.24) is 5.32 Å². The fourth-order valence-electron chi connectivity index (χ4n) is 3.84. The Labute approximate surface area is 234 Å². The number of hydrogen-bond donors (Lipinski definition) is 1. The molecule has 0 saturated carbocycles. The minimum atomic E-state index is -0.413. The number of halogens is 2. The molecule has 0 unspecified atom stereocenters. The second kappa shape index (κ2) is 14.9. The van der Waals surface area contributed by atoms with Crippen molar-refractivity contribution in [2.75, 3.05) is 13.2 Å². The van der Waals surface area contributed by atoms with Gasteiger partial charge in [-0.25, -0.2) is 0 Å². The van der Waals surface area contributed by atoms with E-state index in [1.807, 2.05) is 43.3 Å². The zero-order valence-corrected chi connectivity index (χ0v) is 22.8. The van der Waals surface area contributed by atoms with Crippen LogP contribution < -0.4 is 14.8 Å². The number of hydrogen-bond acceptors (Lipinski definition) is 4. The monoisotopic (exact) mass is 548 g/mol. The second-order valence-electron chi connectivity index (χ2n) is 8.49. The van der Waals surface area contributed by atoms with Crippen molar-refractivity contribution >= 4 is 35.2 Å². The summed E-state index contributed by atoms with van der Waals surface area (Å²) in [4.78, 5) is 12.7. The lowest BCUT2D eigenvalue weighted by Gasteiger charge is -2.17. The Bertz CT molecular complexity index is 1330. The van der Waals surface area contributed by atoms with Crippen molar-refractivity contribution in [3.63, 3.8) is 0 Å². The summed E-state index contributed by atoms with van der Waals surface area (Å²) in [5.41, 5.74) is 3.55. The highest BCUT2D eigenvalue weighted by Gasteiger charge is 2.15. The Kier molecular flexibility index (Phi) is 11.3. The Balaban J connectivity index is 1.77. The number of benzene rings is 3. The van der Waals surface area contributed by atoms with Crippen LogP contribution in [-0.2, 0) is 24.2 Å². The predicted octanol–water partition coefficient (Wildman–Crippen LogP) is 7.36. The third-order valence-electron chi connectivity index (χ3n) is 5.63. The highest BCUT2D eigenvalue weighted by atomic mass is 35.5. The molecule has 3 aromatic carbocycles. The molecular weight excluding hydrogens is 519 g/mol. The molecule has 0 bridgehead atoms. The zero-order valence-electron chi connectivity index (χ0n) is 21.3. The zero-order chi connectivity index (χ0) is 27.3. The molecule has 5 nitrogen and oxygen atoms in total. The molecule has 0 heterocycles. The van der Waals surface area contributed by atoms with Crippen molar-refractivity contribution < 1.29 is 14.3 Å². The molecule has 196 valence electrons. The molecule has 0 atom stereocenters. The van der Waals surface area contributed by atoms with Crippen LogP contribution in [-0.4, -0.2) is 19.1 Å². The van der Waals surface area contributed by atoms with Crippen LogP contribution in [0.5, 0.6) is 11.5 Å². The summed E-state index contributed by atoms with van der Waals surface area (Å²) < 4.78 is 12.0. The van der Waals surface area contributed by atoms with Gasteiger partial charge in [0.15, 0.2) is 11.5 Å². The number of rotatable bonds is 13. The van der Waals surface area contributed by atoms with E-state index in [0.717, 1.165) is 24.0 Å². The van der Waals surface area contributed by atoms with Crippen LogP contribution in [0, 0.1) is 11.3 Å². The molecule has 0 aromatic heterocycles. The number of amides is 1. The number of nitrogens with zero attached hydrogens (tertiary/aromatic N) is 1. The summed E-state index contributed by atoms with van der Waals surface area (Å²) >= 11 is 12.2. The molecule has 0 saturated heterocycles. The molecule has 3 aromatic rings. The van der Waals surface area contributed by atoms with Gasteiger partial charge in [0.05, 0.1) is 16.7 Å². The summed E-state index contributed by atoms with van der Waals surface area (Å²) in [6.45, 7) is 6.87. The smallest absolute Gasteiger partial charge is 0.261 e. The number of carbonyl (C=O) groups excluding carboxylic acids is 1. The van der Waals surface area contributed by atoms with Crippen molar-refractivity contribution in [3.8, 4) is 17.6 Å². The first kappa shape index (κ1) is 28.8. The van der Waals surface area contributed by atoms with Gasteiger partial charge in [0.2, 0.25) is 0 Å². The highest BCUT2D eigenvalue weighted by Crippen LogP contribution is 2.35. The lowest BCUT2D eigenvalue weighted by Crippen LogP contribution is -2.25. The Hall–Kier alpha value is -3.72. The fraction of sp³-hybridized carbons (Fsp3) is 0.226. The summed E-state index contributed by atoms with van der Waals surface area (Å²) in [6, 6.07) is 21.0. The van der Waals surface area contributed by atoms with Crippen molar-refractivity contribution in [3.05, 3.63) is 111 Å². The average Bonchev–Trinajstić information content (AvgIpc) is 2.92. The first-order valence-electron chi connectivity index (χ1n) is 12.4. The van der Waals surface area contributed by atoms with Crippen molar-refractivity contribution in [1.29, 1.82) is 5.26 Å². The molecule has 0 aliphatic heterocycles. The van der Waals surface area contributed by atoms with E-state index in [9.17, 15) is 10.1 Å². The standard InChI is InChI=1S/C31H30Cl2N2O3/c1-3-9-25-16-24(17-26(20-34)31(36)35-15-8-12-22-10-6-5-7-11-22)19-29(37-4-2)30(25)38-21-23-13-14-27(32)28(33)18-23/h3,5-7,10-11,13-14,16-19H,1,4,8-9,12,15,21H2,2H3,(H,35,36)/b26-17-. The van der Waals surface area contributed by atoms with Gasteiger partial charge >= 0.3 is 0 Å². The Morgan fingerprint density at radius 1 is 1.05 bits per heavy atom. The number of nitrogens with one attached hydrogen (secondary N) is 1. The van der Waals surface area contributed by atoms with Gasteiger partial charge in [-0.05, 0) is 73.2 Å². The van der Waals surface area contributed by atoms with E-state index in [0.29, 0.717) is 46.7 Å². The molecule has 0 spiro atoms. The molecular formula is C31H30Cl2N2O3. The third-order valence-corrected chi connectivity index (χ3v) is 6.37. The van der Waals surface area contributed by atoms with Crippen LogP contribution >= 0.6 is 23.2 Å². The normalized spacial score (nSPS) is 10.9. The summed E-state index contributed by atoms with van der Waals surface area (Å²) in [5.74, 6) is 0.668. The van der Waals surface area contributed by atoms with Gasteiger partial charge in [0.25, 0.3) is 5.91 Å². The van der Waals surface area contributed by atoms with E-state index in [1.54, 1.807) is 30.4 Å². The maximum atomic E-state index is 12.7. The molecule has 1 N–H and O–H groups in total. The van der Waals surface area contributed by atoms with Crippen molar-refractivity contribution in [2.45, 2.75) is 32.8 Å². The largest absolute Gasteiger partial charge is 0.490 e. The molecule has 38 heavy (non-hydrogen) atoms. The van der Waals surface area contributed by atoms with Gasteiger partial charge in [-0.1, -0.05) is 65.7 Å². The maximum Gasteiger partial charge on any atom is 0.261 e. The first-order valence-corrected chi connectivity index (χ1v) is 13.1. The Morgan fingerprint density at radius 3 is 2.53 bits per heavy atom. The van der Waals surface area contributed by atoms with E-state index < -0.39 is 5.91 Å². The summed E-state index contributed by atoms with van der Waals surface area (Å²) in [5, 5.41) is 13.4. The predicted molar refractivity (Wildman–Crippen MR) is 154 cm³/mol. The van der Waals surface area contributed by atoms with Gasteiger partial charge in [0.1, 0.15) is 18.2 Å². The molecule has 3 rings (SSSR count). The van der Waals surface area contributed by atoms with Crippen molar-refractivity contribution in [2.24, 2.45) is 0 Å². The van der Waals surface area contributed by atoms with Gasteiger partial charge in [-0.2, -0.15) is 5.26 Å². The molecule has 0 fully saturated rings. The molecule has 0 radical (unpaired) electrons. The SMILES string of the molecule is C=CCc1cc(/C=C(/C#N)C(=O)NCCCc2ccccc2)cc(OCC)c1OCc1ccc(Cl)c(Cl)c1. The van der Waals surface area contributed by atoms with Crippen LogP contribution in [0.25, 0.3) is 6.08 Å². The Morgan fingerprint density at radius 2 is 1.84 bits per heavy atom. The summed E-state index contributed by atoms with van der Waals surface area (Å²) in [6.07, 6.45) is 5.45. The number of nitriles is 1. The number of ether oxygens (including phenoxy) is 2. The molecule has 0 aliphatic rings. The van der Waals surface area contributed by atoms with E-state index in [1.165, 1.54) is 5.56 Å². The minimum Gasteiger partial charge on any atom is -0.490 e. The summed E-state index contributed by atoms with van der Waals surface area (Å²) in [7, 11) is 0.